The van der Waals surface area contributed by atoms with E-state index in [1.807, 2.05) is 37.3 Å². The van der Waals surface area contributed by atoms with Crippen molar-refractivity contribution in [3.05, 3.63) is 54.1 Å². The van der Waals surface area contributed by atoms with Crippen molar-refractivity contribution >= 4 is 27.5 Å². The number of rotatable bonds is 11. The van der Waals surface area contributed by atoms with Crippen LogP contribution in [-0.2, 0) is 26.0 Å². The summed E-state index contributed by atoms with van der Waals surface area (Å²) in [7, 11) is -3.82. The Bertz CT molecular complexity index is 1210. The number of anilines is 1. The van der Waals surface area contributed by atoms with Crippen LogP contribution in [0.25, 0.3) is 0 Å². The van der Waals surface area contributed by atoms with Gasteiger partial charge < -0.3 is 19.7 Å². The molecule has 1 aliphatic carbocycles. The van der Waals surface area contributed by atoms with E-state index in [-0.39, 0.29) is 25.3 Å². The van der Waals surface area contributed by atoms with Crippen molar-refractivity contribution in [1.29, 1.82) is 0 Å². The zero-order valence-electron chi connectivity index (χ0n) is 22.1. The minimum Gasteiger partial charge on any atom is -0.454 e. The summed E-state index contributed by atoms with van der Waals surface area (Å²) >= 11 is 0. The van der Waals surface area contributed by atoms with Gasteiger partial charge in [0.25, 0.3) is 0 Å². The molecule has 1 saturated carbocycles. The van der Waals surface area contributed by atoms with Crippen molar-refractivity contribution in [2.24, 2.45) is 0 Å². The number of benzene rings is 2. The number of hydrogen-bond donors (Lipinski definition) is 1. The first-order chi connectivity index (χ1) is 18.3. The van der Waals surface area contributed by atoms with Gasteiger partial charge in [-0.3, -0.25) is 13.9 Å². The number of nitrogens with zero attached hydrogens (tertiary/aromatic N) is 2. The summed E-state index contributed by atoms with van der Waals surface area (Å²) in [6.07, 6.45) is 7.23. The molecule has 206 valence electrons. The summed E-state index contributed by atoms with van der Waals surface area (Å²) in [5, 5.41) is 3.15. The molecule has 38 heavy (non-hydrogen) atoms. The molecule has 1 fully saturated rings. The highest BCUT2D eigenvalue weighted by Gasteiger charge is 2.33. The van der Waals surface area contributed by atoms with Crippen LogP contribution in [0.3, 0.4) is 0 Å². The monoisotopic (exact) mass is 543 g/mol. The lowest BCUT2D eigenvalue weighted by Crippen LogP contribution is -2.54. The highest BCUT2D eigenvalue weighted by atomic mass is 32.2. The Kier molecular flexibility index (Phi) is 9.14. The summed E-state index contributed by atoms with van der Waals surface area (Å²) in [6.45, 7) is 1.79. The number of ether oxygens (including phenoxy) is 2. The molecule has 1 atom stereocenters. The second kappa shape index (κ2) is 12.5. The lowest BCUT2D eigenvalue weighted by Gasteiger charge is -2.34. The quantitative estimate of drug-likeness (QED) is 0.465. The first-order valence-corrected chi connectivity index (χ1v) is 15.1. The van der Waals surface area contributed by atoms with Crippen LogP contribution in [0.4, 0.5) is 5.69 Å². The fourth-order valence-corrected chi connectivity index (χ4v) is 5.94. The topological polar surface area (TPSA) is 105 Å². The molecule has 1 unspecified atom stereocenters. The largest absolute Gasteiger partial charge is 0.454 e. The Morgan fingerprint density at radius 1 is 1.03 bits per heavy atom. The number of fused-ring (bicyclic) bond motifs is 1. The standard InChI is InChI=1S/C28H37N3O6S/c1-3-24(28(33)29-22-12-8-5-9-13-22)30(17-16-21-10-6-4-7-11-21)27(32)19-31(38(2,34)35)23-14-15-25-26(18-23)37-20-36-25/h4,6-7,10-11,14-15,18,22,24H,3,5,8-9,12-13,16-17,19-20H2,1-2H3,(H,29,33). The number of nitrogens with one attached hydrogen (secondary N) is 1. The van der Waals surface area contributed by atoms with E-state index in [4.69, 9.17) is 9.47 Å². The Morgan fingerprint density at radius 2 is 1.74 bits per heavy atom. The van der Waals surface area contributed by atoms with Crippen molar-refractivity contribution in [2.45, 2.75) is 64.0 Å². The molecule has 1 aliphatic heterocycles. The molecule has 1 heterocycles. The SMILES string of the molecule is CCC(C(=O)NC1CCCCC1)N(CCc1ccccc1)C(=O)CN(c1ccc2c(c1)OCO2)S(C)(=O)=O. The van der Waals surface area contributed by atoms with E-state index in [1.54, 1.807) is 18.2 Å². The van der Waals surface area contributed by atoms with E-state index in [0.717, 1.165) is 41.8 Å². The maximum absolute atomic E-state index is 13.8. The molecule has 0 saturated heterocycles. The van der Waals surface area contributed by atoms with Crippen molar-refractivity contribution in [3.63, 3.8) is 0 Å². The van der Waals surface area contributed by atoms with Gasteiger partial charge >= 0.3 is 0 Å². The average molecular weight is 544 g/mol. The van der Waals surface area contributed by atoms with Crippen LogP contribution in [0.15, 0.2) is 48.5 Å². The smallest absolute Gasteiger partial charge is 0.244 e. The predicted octanol–water partition coefficient (Wildman–Crippen LogP) is 3.48. The minimum atomic E-state index is -3.82. The van der Waals surface area contributed by atoms with Crippen LogP contribution in [0.1, 0.15) is 51.0 Å². The van der Waals surface area contributed by atoms with Crippen molar-refractivity contribution in [1.82, 2.24) is 10.2 Å². The highest BCUT2D eigenvalue weighted by molar-refractivity contribution is 7.92. The number of carbonyl (C=O) groups excluding carboxylic acids is 2. The second-order valence-electron chi connectivity index (χ2n) is 9.90. The van der Waals surface area contributed by atoms with Crippen LogP contribution in [0.2, 0.25) is 0 Å². The van der Waals surface area contributed by atoms with Gasteiger partial charge in [-0.15, -0.1) is 0 Å². The summed E-state index contributed by atoms with van der Waals surface area (Å²) in [6, 6.07) is 13.9. The van der Waals surface area contributed by atoms with Crippen molar-refractivity contribution in [3.8, 4) is 11.5 Å². The maximum atomic E-state index is 13.8. The van der Waals surface area contributed by atoms with Crippen LogP contribution in [0.5, 0.6) is 11.5 Å². The number of sulfonamides is 1. The third-order valence-corrected chi connectivity index (χ3v) is 8.29. The van der Waals surface area contributed by atoms with Gasteiger partial charge in [0.05, 0.1) is 11.9 Å². The molecule has 0 bridgehead atoms. The fourth-order valence-electron chi connectivity index (χ4n) is 5.09. The number of hydrogen-bond acceptors (Lipinski definition) is 6. The molecule has 0 radical (unpaired) electrons. The zero-order valence-corrected chi connectivity index (χ0v) is 22.9. The summed E-state index contributed by atoms with van der Waals surface area (Å²) in [5.41, 5.74) is 1.33. The Labute approximate surface area is 225 Å². The van der Waals surface area contributed by atoms with Crippen molar-refractivity contribution < 1.29 is 27.5 Å². The Hall–Kier alpha value is -3.27. The molecule has 1 N–H and O–H groups in total. The van der Waals surface area contributed by atoms with E-state index in [9.17, 15) is 18.0 Å². The lowest BCUT2D eigenvalue weighted by molar-refractivity contribution is -0.140. The van der Waals surface area contributed by atoms with Gasteiger partial charge in [0.1, 0.15) is 12.6 Å². The van der Waals surface area contributed by atoms with E-state index < -0.39 is 28.5 Å². The van der Waals surface area contributed by atoms with Gasteiger partial charge in [-0.2, -0.15) is 0 Å². The van der Waals surface area contributed by atoms with Crippen LogP contribution >= 0.6 is 0 Å². The van der Waals surface area contributed by atoms with Crippen molar-refractivity contribution in [2.75, 3.05) is 30.4 Å². The van der Waals surface area contributed by atoms with Gasteiger partial charge in [-0.05, 0) is 43.4 Å². The van der Waals surface area contributed by atoms with Crippen LogP contribution in [0, 0.1) is 0 Å². The van der Waals surface area contributed by atoms with E-state index in [2.05, 4.69) is 5.32 Å². The molecule has 0 spiro atoms. The third kappa shape index (κ3) is 6.98. The molecule has 2 aromatic carbocycles. The normalized spacial score (nSPS) is 16.1. The third-order valence-electron chi connectivity index (χ3n) is 7.15. The summed E-state index contributed by atoms with van der Waals surface area (Å²) in [4.78, 5) is 28.8. The molecule has 2 aliphatic rings. The van der Waals surface area contributed by atoms with Gasteiger partial charge in [-0.1, -0.05) is 56.5 Å². The maximum Gasteiger partial charge on any atom is 0.244 e. The average Bonchev–Trinajstić information content (AvgIpc) is 3.38. The first kappa shape index (κ1) is 27.8. The predicted molar refractivity (Wildman–Crippen MR) is 146 cm³/mol. The minimum absolute atomic E-state index is 0.0537. The van der Waals surface area contributed by atoms with Crippen LogP contribution < -0.4 is 19.1 Å². The molecular formula is C28H37N3O6S. The Morgan fingerprint density at radius 3 is 2.42 bits per heavy atom. The summed E-state index contributed by atoms with van der Waals surface area (Å²) in [5.74, 6) is 0.315. The lowest BCUT2D eigenvalue weighted by atomic mass is 9.95. The zero-order chi connectivity index (χ0) is 27.1. The van der Waals surface area contributed by atoms with E-state index in [1.165, 1.54) is 11.3 Å². The fraction of sp³-hybridized carbons (Fsp3) is 0.500. The first-order valence-electron chi connectivity index (χ1n) is 13.3. The molecule has 10 heteroatoms. The van der Waals surface area contributed by atoms with Gasteiger partial charge in [0.15, 0.2) is 11.5 Å². The molecule has 9 nitrogen and oxygen atoms in total. The number of amides is 2. The number of carbonyl (C=O) groups is 2. The highest BCUT2D eigenvalue weighted by Crippen LogP contribution is 2.36. The van der Waals surface area contributed by atoms with E-state index in [0.29, 0.717) is 30.0 Å². The Balaban J connectivity index is 1.57. The molecule has 0 aromatic heterocycles. The second-order valence-corrected chi connectivity index (χ2v) is 11.8. The molecule has 2 amide bonds. The van der Waals surface area contributed by atoms with Gasteiger partial charge in [0.2, 0.25) is 28.6 Å². The van der Waals surface area contributed by atoms with Gasteiger partial charge in [-0.25, -0.2) is 8.42 Å². The van der Waals surface area contributed by atoms with Gasteiger partial charge in [0, 0.05) is 18.7 Å². The van der Waals surface area contributed by atoms with E-state index >= 15 is 0 Å². The molecule has 2 aromatic rings. The summed E-state index contributed by atoms with van der Waals surface area (Å²) < 4.78 is 37.4. The van der Waals surface area contributed by atoms with Crippen LogP contribution in [-0.4, -0.2) is 63.4 Å². The molecule has 4 rings (SSSR count). The molecular weight excluding hydrogens is 506 g/mol.